The molecule has 1 aromatic carbocycles. The van der Waals surface area contributed by atoms with Crippen molar-refractivity contribution in [3.05, 3.63) is 74.7 Å². The van der Waals surface area contributed by atoms with E-state index in [2.05, 4.69) is 21.3 Å². The van der Waals surface area contributed by atoms with Crippen LogP contribution in [0, 0.1) is 20.8 Å². The van der Waals surface area contributed by atoms with Gasteiger partial charge in [0.05, 0.1) is 11.3 Å². The van der Waals surface area contributed by atoms with Crippen molar-refractivity contribution in [2.75, 3.05) is 11.9 Å². The summed E-state index contributed by atoms with van der Waals surface area (Å²) in [6, 6.07) is 11.0. The van der Waals surface area contributed by atoms with Gasteiger partial charge in [-0.2, -0.15) is 0 Å². The minimum atomic E-state index is -0.646. The summed E-state index contributed by atoms with van der Waals surface area (Å²) < 4.78 is 7.41. The van der Waals surface area contributed by atoms with Crippen LogP contribution >= 0.6 is 11.3 Å². The first-order valence-corrected chi connectivity index (χ1v) is 10.9. The molecule has 31 heavy (non-hydrogen) atoms. The number of aryl methyl sites for hydroxylation is 3. The molecule has 2 heterocycles. The zero-order valence-corrected chi connectivity index (χ0v) is 19.0. The van der Waals surface area contributed by atoms with Crippen LogP contribution in [0.3, 0.4) is 0 Å². The van der Waals surface area contributed by atoms with Crippen LogP contribution in [0.25, 0.3) is 0 Å². The molecule has 0 aliphatic heterocycles. The Balaban J connectivity index is 1.69. The second kappa shape index (κ2) is 9.75. The molecule has 2 aromatic heterocycles. The van der Waals surface area contributed by atoms with E-state index in [1.807, 2.05) is 26.0 Å². The molecule has 7 heteroatoms. The molecule has 1 N–H and O–H groups in total. The first-order chi connectivity index (χ1) is 14.8. The molecule has 0 aliphatic rings. The highest BCUT2D eigenvalue weighted by molar-refractivity contribution is 7.09. The van der Waals surface area contributed by atoms with E-state index in [1.165, 1.54) is 11.8 Å². The summed E-state index contributed by atoms with van der Waals surface area (Å²) in [7, 11) is 0. The lowest BCUT2D eigenvalue weighted by atomic mass is 10.1. The molecule has 6 nitrogen and oxygen atoms in total. The van der Waals surface area contributed by atoms with Crippen molar-refractivity contribution in [1.82, 2.24) is 4.57 Å². The molecule has 3 aromatic rings. The van der Waals surface area contributed by atoms with Crippen LogP contribution in [0.2, 0.25) is 0 Å². The van der Waals surface area contributed by atoms with E-state index in [-0.39, 0.29) is 23.9 Å². The molecule has 0 aliphatic carbocycles. The van der Waals surface area contributed by atoms with E-state index in [0.717, 1.165) is 29.9 Å². The van der Waals surface area contributed by atoms with Crippen molar-refractivity contribution in [3.8, 4) is 0 Å². The zero-order valence-electron chi connectivity index (χ0n) is 18.2. The predicted octanol–water partition coefficient (Wildman–Crippen LogP) is 4.72. The number of rotatable bonds is 8. The molecule has 0 bridgehead atoms. The van der Waals surface area contributed by atoms with Crippen LogP contribution in [0.4, 0.5) is 5.69 Å². The average molecular weight is 439 g/mol. The number of nitrogens with one attached hydrogen (secondary N) is 1. The number of carbonyl (C=O) groups is 3. The molecule has 0 spiro atoms. The molecular weight excluding hydrogens is 412 g/mol. The molecule has 3 rings (SSSR count). The second-order valence-electron chi connectivity index (χ2n) is 7.44. The van der Waals surface area contributed by atoms with Crippen LogP contribution in [0.15, 0.2) is 41.8 Å². The number of benzene rings is 1. The molecule has 1 amide bonds. The number of thiophene rings is 1. The maximum atomic E-state index is 12.8. The van der Waals surface area contributed by atoms with E-state index in [4.69, 9.17) is 4.74 Å². The number of hydrogen-bond donors (Lipinski definition) is 1. The molecule has 0 radical (unpaired) electrons. The fourth-order valence-corrected chi connectivity index (χ4v) is 4.27. The quantitative estimate of drug-likeness (QED) is 0.408. The summed E-state index contributed by atoms with van der Waals surface area (Å²) in [6.07, 6.45) is 0.899. The number of aromatic nitrogens is 1. The van der Waals surface area contributed by atoms with Gasteiger partial charge in [0.2, 0.25) is 11.7 Å². The van der Waals surface area contributed by atoms with Gasteiger partial charge in [0, 0.05) is 35.3 Å². The van der Waals surface area contributed by atoms with Crippen molar-refractivity contribution < 1.29 is 19.1 Å². The highest BCUT2D eigenvalue weighted by Crippen LogP contribution is 2.22. The van der Waals surface area contributed by atoms with Gasteiger partial charge in [-0.25, -0.2) is 4.79 Å². The predicted molar refractivity (Wildman–Crippen MR) is 122 cm³/mol. The number of nitrogens with zero attached hydrogens (tertiary/aromatic N) is 1. The van der Waals surface area contributed by atoms with Gasteiger partial charge in [0.1, 0.15) is 0 Å². The number of amides is 1. The monoisotopic (exact) mass is 438 g/mol. The van der Waals surface area contributed by atoms with Crippen molar-refractivity contribution in [2.45, 2.75) is 40.7 Å². The molecule has 0 atom stereocenters. The van der Waals surface area contributed by atoms with Gasteiger partial charge < -0.3 is 14.6 Å². The third-order valence-electron chi connectivity index (χ3n) is 5.16. The number of Topliss-reactive ketones (excluding diaryl/α,β-unsaturated/α-hetero) is 1. The van der Waals surface area contributed by atoms with Gasteiger partial charge in [0.15, 0.2) is 6.61 Å². The summed E-state index contributed by atoms with van der Waals surface area (Å²) in [5.41, 5.74) is 3.79. The number of para-hydroxylation sites is 1. The van der Waals surface area contributed by atoms with Crippen LogP contribution in [0.1, 0.15) is 49.5 Å². The maximum absolute atomic E-state index is 12.8. The lowest BCUT2D eigenvalue weighted by Crippen LogP contribution is -2.18. The Hall–Kier alpha value is -3.19. The molecule has 0 saturated heterocycles. The fraction of sp³-hybridized carbons (Fsp3) is 0.292. The smallest absolute Gasteiger partial charge is 0.340 e. The normalized spacial score (nSPS) is 10.7. The van der Waals surface area contributed by atoms with Gasteiger partial charge in [-0.05, 0) is 56.3 Å². The van der Waals surface area contributed by atoms with Gasteiger partial charge in [-0.1, -0.05) is 18.2 Å². The number of anilines is 1. The summed E-state index contributed by atoms with van der Waals surface area (Å²) in [4.78, 5) is 38.1. The summed E-state index contributed by atoms with van der Waals surface area (Å²) in [6.45, 7) is 7.47. The van der Waals surface area contributed by atoms with E-state index in [0.29, 0.717) is 11.3 Å². The minimum absolute atomic E-state index is 0.226. The number of hydrogen-bond acceptors (Lipinski definition) is 5. The first-order valence-electron chi connectivity index (χ1n) is 10.0. The highest BCUT2D eigenvalue weighted by Gasteiger charge is 2.20. The number of esters is 1. The Bertz CT molecular complexity index is 1110. The Morgan fingerprint density at radius 1 is 1.06 bits per heavy atom. The Morgan fingerprint density at radius 3 is 2.52 bits per heavy atom. The van der Waals surface area contributed by atoms with Crippen LogP contribution in [-0.4, -0.2) is 28.8 Å². The zero-order chi connectivity index (χ0) is 22.5. The van der Waals surface area contributed by atoms with Crippen molar-refractivity contribution in [2.24, 2.45) is 0 Å². The van der Waals surface area contributed by atoms with Crippen molar-refractivity contribution >= 4 is 34.7 Å². The van der Waals surface area contributed by atoms with Gasteiger partial charge in [-0.15, -0.1) is 11.3 Å². The van der Waals surface area contributed by atoms with Crippen molar-refractivity contribution in [3.63, 3.8) is 0 Å². The fourth-order valence-electron chi connectivity index (χ4n) is 3.57. The first kappa shape index (κ1) is 22.5. The third-order valence-corrected chi connectivity index (χ3v) is 6.10. The Morgan fingerprint density at radius 2 is 1.84 bits per heavy atom. The van der Waals surface area contributed by atoms with Crippen molar-refractivity contribution in [1.29, 1.82) is 0 Å². The molecule has 0 fully saturated rings. The standard InChI is InChI=1S/C24H26N2O4S/c1-15-7-5-9-20(23(15)25-18(4)27)24(29)30-14-22(28)21-13-16(2)26(17(21)3)11-10-19-8-6-12-31-19/h5-9,12-13H,10-11,14H2,1-4H3,(H,25,27). The lowest BCUT2D eigenvalue weighted by molar-refractivity contribution is -0.114. The molecular formula is C24H26N2O4S. The van der Waals surface area contributed by atoms with E-state index in [9.17, 15) is 14.4 Å². The molecule has 162 valence electrons. The average Bonchev–Trinajstić information content (AvgIpc) is 3.33. The van der Waals surface area contributed by atoms with E-state index in [1.54, 1.807) is 36.5 Å². The molecule has 0 unspecified atom stereocenters. The van der Waals surface area contributed by atoms with Crippen LogP contribution in [0.5, 0.6) is 0 Å². The number of ketones is 1. The minimum Gasteiger partial charge on any atom is -0.454 e. The highest BCUT2D eigenvalue weighted by atomic mass is 32.1. The SMILES string of the molecule is CC(=O)Nc1c(C)cccc1C(=O)OCC(=O)c1cc(C)n(CCc2cccs2)c1C. The van der Waals surface area contributed by atoms with E-state index < -0.39 is 5.97 Å². The maximum Gasteiger partial charge on any atom is 0.340 e. The van der Waals surface area contributed by atoms with Gasteiger partial charge >= 0.3 is 5.97 Å². The largest absolute Gasteiger partial charge is 0.454 e. The summed E-state index contributed by atoms with van der Waals surface area (Å²) in [5, 5.41) is 4.72. The number of carbonyl (C=O) groups excluding carboxylic acids is 3. The van der Waals surface area contributed by atoms with E-state index >= 15 is 0 Å². The third kappa shape index (κ3) is 5.30. The Labute approximate surface area is 185 Å². The Kier molecular flexibility index (Phi) is 7.07. The lowest BCUT2D eigenvalue weighted by Gasteiger charge is -2.12. The van der Waals surface area contributed by atoms with Gasteiger partial charge in [-0.3, -0.25) is 9.59 Å². The topological polar surface area (TPSA) is 77.4 Å². The number of ether oxygens (including phenoxy) is 1. The van der Waals surface area contributed by atoms with Crippen LogP contribution in [-0.2, 0) is 22.5 Å². The summed E-state index contributed by atoms with van der Waals surface area (Å²) in [5.74, 6) is -1.18. The van der Waals surface area contributed by atoms with Gasteiger partial charge in [0.25, 0.3) is 0 Å². The summed E-state index contributed by atoms with van der Waals surface area (Å²) >= 11 is 1.72. The van der Waals surface area contributed by atoms with Crippen LogP contribution < -0.4 is 5.32 Å². The second-order valence-corrected chi connectivity index (χ2v) is 8.48. The molecule has 0 saturated carbocycles.